The lowest BCUT2D eigenvalue weighted by Crippen LogP contribution is -2.28. The second kappa shape index (κ2) is 4.73. The highest BCUT2D eigenvalue weighted by Crippen LogP contribution is 2.22. The number of aliphatic hydroxyl groups is 1. The SMILES string of the molecule is CC[C@H](N)[C@H](O)c1noc(-c2ccsc2)n1. The van der Waals surface area contributed by atoms with Crippen molar-refractivity contribution in [3.05, 3.63) is 22.7 Å². The van der Waals surface area contributed by atoms with Gasteiger partial charge in [0.2, 0.25) is 5.82 Å². The van der Waals surface area contributed by atoms with Gasteiger partial charge in [0.1, 0.15) is 6.10 Å². The van der Waals surface area contributed by atoms with E-state index < -0.39 is 6.10 Å². The van der Waals surface area contributed by atoms with Gasteiger partial charge in [0, 0.05) is 11.4 Å². The predicted octanol–water partition coefficient (Wildman–Crippen LogP) is 1.57. The Morgan fingerprint density at radius 1 is 1.62 bits per heavy atom. The van der Waals surface area contributed by atoms with Gasteiger partial charge in [-0.25, -0.2) is 0 Å². The fourth-order valence-corrected chi connectivity index (χ4v) is 1.90. The molecule has 2 aromatic heterocycles. The van der Waals surface area contributed by atoms with Crippen molar-refractivity contribution >= 4 is 11.3 Å². The summed E-state index contributed by atoms with van der Waals surface area (Å²) in [5.41, 5.74) is 6.57. The van der Waals surface area contributed by atoms with Gasteiger partial charge in [-0.15, -0.1) is 0 Å². The number of hydrogen-bond acceptors (Lipinski definition) is 6. The van der Waals surface area contributed by atoms with Crippen molar-refractivity contribution in [3.8, 4) is 11.5 Å². The molecule has 5 nitrogen and oxygen atoms in total. The molecule has 2 atom stereocenters. The quantitative estimate of drug-likeness (QED) is 0.845. The molecule has 86 valence electrons. The smallest absolute Gasteiger partial charge is 0.258 e. The van der Waals surface area contributed by atoms with E-state index in [1.165, 1.54) is 0 Å². The molecule has 6 heteroatoms. The number of nitrogens with zero attached hydrogens (tertiary/aromatic N) is 2. The molecule has 0 aliphatic heterocycles. The molecule has 0 aromatic carbocycles. The van der Waals surface area contributed by atoms with Crippen molar-refractivity contribution in [2.45, 2.75) is 25.5 Å². The highest BCUT2D eigenvalue weighted by molar-refractivity contribution is 7.08. The molecular formula is C10H13N3O2S. The average molecular weight is 239 g/mol. The first-order valence-corrected chi connectivity index (χ1v) is 5.96. The van der Waals surface area contributed by atoms with E-state index in [9.17, 15) is 5.11 Å². The van der Waals surface area contributed by atoms with Gasteiger partial charge >= 0.3 is 0 Å². The average Bonchev–Trinajstić information content (AvgIpc) is 2.96. The van der Waals surface area contributed by atoms with Crippen LogP contribution in [0.5, 0.6) is 0 Å². The first-order chi connectivity index (χ1) is 7.72. The van der Waals surface area contributed by atoms with Crippen LogP contribution >= 0.6 is 11.3 Å². The Hall–Kier alpha value is -1.24. The van der Waals surface area contributed by atoms with Crippen molar-refractivity contribution in [2.75, 3.05) is 0 Å². The lowest BCUT2D eigenvalue weighted by molar-refractivity contribution is 0.132. The standard InChI is InChI=1S/C10H13N3O2S/c1-2-7(11)8(14)9-12-10(15-13-9)6-3-4-16-5-6/h3-5,7-8,14H,2,11H2,1H3/t7-,8-/m0/s1. The van der Waals surface area contributed by atoms with E-state index in [2.05, 4.69) is 10.1 Å². The van der Waals surface area contributed by atoms with Crippen molar-refractivity contribution in [3.63, 3.8) is 0 Å². The lowest BCUT2D eigenvalue weighted by atomic mass is 10.1. The Morgan fingerprint density at radius 3 is 3.06 bits per heavy atom. The molecule has 3 N–H and O–H groups in total. The fourth-order valence-electron chi connectivity index (χ4n) is 1.27. The third-order valence-corrected chi connectivity index (χ3v) is 3.03. The second-order valence-corrected chi connectivity index (χ2v) is 4.27. The molecule has 2 rings (SSSR count). The van der Waals surface area contributed by atoms with Crippen molar-refractivity contribution < 1.29 is 9.63 Å². The molecule has 0 radical (unpaired) electrons. The van der Waals surface area contributed by atoms with Crippen LogP contribution in [0.1, 0.15) is 25.3 Å². The van der Waals surface area contributed by atoms with Crippen LogP contribution < -0.4 is 5.73 Å². The summed E-state index contributed by atoms with van der Waals surface area (Å²) in [7, 11) is 0. The molecule has 16 heavy (non-hydrogen) atoms. The number of thiophene rings is 1. The fraction of sp³-hybridized carbons (Fsp3) is 0.400. The molecule has 0 amide bonds. The maximum atomic E-state index is 9.79. The van der Waals surface area contributed by atoms with Crippen LogP contribution in [-0.2, 0) is 0 Å². The van der Waals surface area contributed by atoms with Crippen molar-refractivity contribution in [1.29, 1.82) is 0 Å². The molecule has 2 heterocycles. The molecular weight excluding hydrogens is 226 g/mol. The number of aliphatic hydroxyl groups excluding tert-OH is 1. The Labute approximate surface area is 96.9 Å². The van der Waals surface area contributed by atoms with E-state index in [-0.39, 0.29) is 11.9 Å². The van der Waals surface area contributed by atoms with E-state index in [1.807, 2.05) is 23.8 Å². The van der Waals surface area contributed by atoms with Gasteiger partial charge in [-0.3, -0.25) is 0 Å². The molecule has 0 spiro atoms. The van der Waals surface area contributed by atoms with E-state index in [0.29, 0.717) is 12.3 Å². The highest BCUT2D eigenvalue weighted by Gasteiger charge is 2.21. The maximum Gasteiger partial charge on any atom is 0.258 e. The summed E-state index contributed by atoms with van der Waals surface area (Å²) in [5.74, 6) is 0.661. The van der Waals surface area contributed by atoms with Crippen LogP contribution in [0.2, 0.25) is 0 Å². The lowest BCUT2D eigenvalue weighted by Gasteiger charge is -2.12. The van der Waals surface area contributed by atoms with E-state index in [1.54, 1.807) is 11.3 Å². The number of aromatic nitrogens is 2. The van der Waals surface area contributed by atoms with Crippen molar-refractivity contribution in [2.24, 2.45) is 5.73 Å². The van der Waals surface area contributed by atoms with Gasteiger partial charge in [-0.2, -0.15) is 16.3 Å². The van der Waals surface area contributed by atoms with E-state index in [4.69, 9.17) is 10.3 Å². The Balaban J connectivity index is 2.20. The van der Waals surface area contributed by atoms with E-state index in [0.717, 1.165) is 5.56 Å². The zero-order valence-electron chi connectivity index (χ0n) is 8.83. The summed E-state index contributed by atoms with van der Waals surface area (Å²) in [4.78, 5) is 4.12. The summed E-state index contributed by atoms with van der Waals surface area (Å²) in [6, 6.07) is 1.52. The van der Waals surface area contributed by atoms with Crippen LogP contribution in [0.3, 0.4) is 0 Å². The molecule has 0 aliphatic rings. The van der Waals surface area contributed by atoms with Gasteiger partial charge in [0.05, 0.1) is 5.56 Å². The summed E-state index contributed by atoms with van der Waals surface area (Å²) < 4.78 is 5.05. The minimum Gasteiger partial charge on any atom is -0.383 e. The first-order valence-electron chi connectivity index (χ1n) is 5.02. The number of hydrogen-bond donors (Lipinski definition) is 2. The molecule has 0 aliphatic carbocycles. The van der Waals surface area contributed by atoms with Crippen LogP contribution in [0.4, 0.5) is 0 Å². The summed E-state index contributed by atoms with van der Waals surface area (Å²) in [5, 5.41) is 17.4. The second-order valence-electron chi connectivity index (χ2n) is 3.49. The third kappa shape index (κ3) is 2.13. The summed E-state index contributed by atoms with van der Waals surface area (Å²) >= 11 is 1.55. The molecule has 0 unspecified atom stereocenters. The van der Waals surface area contributed by atoms with Crippen LogP contribution in [-0.4, -0.2) is 21.3 Å². The van der Waals surface area contributed by atoms with E-state index >= 15 is 0 Å². The minimum absolute atomic E-state index is 0.246. The highest BCUT2D eigenvalue weighted by atomic mass is 32.1. The number of rotatable bonds is 4. The third-order valence-electron chi connectivity index (χ3n) is 2.35. The topological polar surface area (TPSA) is 85.2 Å². The zero-order valence-corrected chi connectivity index (χ0v) is 9.65. The largest absolute Gasteiger partial charge is 0.383 e. The monoisotopic (exact) mass is 239 g/mol. The normalized spacial score (nSPS) is 14.9. The molecule has 0 fully saturated rings. The predicted molar refractivity (Wildman–Crippen MR) is 60.8 cm³/mol. The Morgan fingerprint density at radius 2 is 2.44 bits per heavy atom. The van der Waals surface area contributed by atoms with Crippen LogP contribution in [0, 0.1) is 0 Å². The summed E-state index contributed by atoms with van der Waals surface area (Å²) in [6.07, 6.45) is -0.218. The molecule has 0 saturated heterocycles. The zero-order chi connectivity index (χ0) is 11.5. The minimum atomic E-state index is -0.874. The first kappa shape index (κ1) is 11.3. The number of nitrogens with two attached hydrogens (primary N) is 1. The Bertz CT molecular complexity index is 441. The van der Waals surface area contributed by atoms with Crippen LogP contribution in [0.15, 0.2) is 21.3 Å². The molecule has 2 aromatic rings. The van der Waals surface area contributed by atoms with Gasteiger partial charge in [-0.05, 0) is 17.9 Å². The van der Waals surface area contributed by atoms with Crippen LogP contribution in [0.25, 0.3) is 11.5 Å². The van der Waals surface area contributed by atoms with Gasteiger partial charge in [0.15, 0.2) is 0 Å². The van der Waals surface area contributed by atoms with Gasteiger partial charge in [-0.1, -0.05) is 12.1 Å². The summed E-state index contributed by atoms with van der Waals surface area (Å²) in [6.45, 7) is 1.90. The van der Waals surface area contributed by atoms with Gasteiger partial charge < -0.3 is 15.4 Å². The molecule has 0 saturated carbocycles. The van der Waals surface area contributed by atoms with Gasteiger partial charge in [0.25, 0.3) is 5.89 Å². The maximum absolute atomic E-state index is 9.79. The molecule has 0 bridgehead atoms. The van der Waals surface area contributed by atoms with Crippen molar-refractivity contribution in [1.82, 2.24) is 10.1 Å². The Kier molecular flexibility index (Phi) is 3.33.